The Morgan fingerprint density at radius 2 is 2.17 bits per heavy atom. The van der Waals surface area contributed by atoms with Gasteiger partial charge in [0.1, 0.15) is 5.15 Å². The summed E-state index contributed by atoms with van der Waals surface area (Å²) >= 11 is 5.87. The van der Waals surface area contributed by atoms with Crippen LogP contribution in [0.25, 0.3) is 0 Å². The molecule has 0 saturated heterocycles. The van der Waals surface area contributed by atoms with Gasteiger partial charge in [-0.25, -0.2) is 4.98 Å². The first-order chi connectivity index (χ1) is 8.74. The molecule has 0 unspecified atom stereocenters. The lowest BCUT2D eigenvalue weighted by Gasteiger charge is -2.11. The van der Waals surface area contributed by atoms with Crippen LogP contribution in [0.5, 0.6) is 0 Å². The summed E-state index contributed by atoms with van der Waals surface area (Å²) in [5, 5.41) is 0.466. The highest BCUT2D eigenvalue weighted by Crippen LogP contribution is 2.20. The Labute approximate surface area is 110 Å². The van der Waals surface area contributed by atoms with Crippen LogP contribution in [-0.2, 0) is 19.4 Å². The SMILES string of the molecule is O=c1ccc2c(n1Cc1ccnc(Cl)c1)CCC2. The maximum Gasteiger partial charge on any atom is 0.251 e. The molecule has 3 rings (SSSR count). The predicted octanol–water partition coefficient (Wildman–Crippen LogP) is 2.43. The van der Waals surface area contributed by atoms with Crippen molar-refractivity contribution in [1.82, 2.24) is 9.55 Å². The summed E-state index contributed by atoms with van der Waals surface area (Å²) in [6.45, 7) is 0.574. The summed E-state index contributed by atoms with van der Waals surface area (Å²) in [7, 11) is 0. The maximum absolute atomic E-state index is 12.0. The van der Waals surface area contributed by atoms with Crippen molar-refractivity contribution in [3.8, 4) is 0 Å². The van der Waals surface area contributed by atoms with E-state index in [0.29, 0.717) is 11.7 Å². The van der Waals surface area contributed by atoms with Crippen LogP contribution in [0.1, 0.15) is 23.2 Å². The minimum atomic E-state index is 0.0589. The lowest BCUT2D eigenvalue weighted by molar-refractivity contribution is 0.707. The van der Waals surface area contributed by atoms with Crippen molar-refractivity contribution in [3.63, 3.8) is 0 Å². The van der Waals surface area contributed by atoms with Gasteiger partial charge in [-0.15, -0.1) is 0 Å². The number of aryl methyl sites for hydroxylation is 1. The van der Waals surface area contributed by atoms with Gasteiger partial charge in [-0.1, -0.05) is 17.7 Å². The van der Waals surface area contributed by atoms with Crippen molar-refractivity contribution in [3.05, 3.63) is 62.8 Å². The van der Waals surface area contributed by atoms with Crippen molar-refractivity contribution in [1.29, 1.82) is 0 Å². The Hall–Kier alpha value is -1.61. The molecule has 4 heteroatoms. The molecular formula is C14H13ClN2O. The predicted molar refractivity (Wildman–Crippen MR) is 71.1 cm³/mol. The standard InChI is InChI=1S/C14H13ClN2O/c15-13-8-10(6-7-16-13)9-17-12-3-1-2-11(12)4-5-14(17)18/h4-8H,1-3,9H2. The molecule has 0 atom stereocenters. The molecule has 0 spiro atoms. The van der Waals surface area contributed by atoms with Gasteiger partial charge in [-0.3, -0.25) is 4.79 Å². The molecule has 0 N–H and O–H groups in total. The van der Waals surface area contributed by atoms with Crippen LogP contribution in [0.4, 0.5) is 0 Å². The van der Waals surface area contributed by atoms with Crippen LogP contribution in [0, 0.1) is 0 Å². The van der Waals surface area contributed by atoms with E-state index in [1.165, 1.54) is 11.3 Å². The highest BCUT2D eigenvalue weighted by molar-refractivity contribution is 6.29. The quantitative estimate of drug-likeness (QED) is 0.778. The molecule has 2 aromatic rings. The molecule has 0 amide bonds. The molecular weight excluding hydrogens is 248 g/mol. The van der Waals surface area contributed by atoms with Gasteiger partial charge in [0.2, 0.25) is 0 Å². The van der Waals surface area contributed by atoms with Gasteiger partial charge in [-0.05, 0) is 42.5 Å². The third-order valence-electron chi connectivity index (χ3n) is 3.38. The van der Waals surface area contributed by atoms with Crippen molar-refractivity contribution < 1.29 is 0 Å². The summed E-state index contributed by atoms with van der Waals surface area (Å²) in [5.41, 5.74) is 3.55. The molecule has 1 aliphatic rings. The monoisotopic (exact) mass is 260 g/mol. The van der Waals surface area contributed by atoms with E-state index in [0.717, 1.165) is 24.8 Å². The van der Waals surface area contributed by atoms with E-state index < -0.39 is 0 Å². The van der Waals surface area contributed by atoms with E-state index in [4.69, 9.17) is 11.6 Å². The molecule has 0 saturated carbocycles. The molecule has 18 heavy (non-hydrogen) atoms. The van der Waals surface area contributed by atoms with Crippen molar-refractivity contribution in [2.45, 2.75) is 25.8 Å². The topological polar surface area (TPSA) is 34.9 Å². The molecule has 3 nitrogen and oxygen atoms in total. The smallest absolute Gasteiger partial charge is 0.251 e. The number of pyridine rings is 2. The van der Waals surface area contributed by atoms with Crippen molar-refractivity contribution in [2.75, 3.05) is 0 Å². The van der Waals surface area contributed by atoms with Crippen LogP contribution < -0.4 is 5.56 Å². The average molecular weight is 261 g/mol. The van der Waals surface area contributed by atoms with Crippen LogP contribution in [0.15, 0.2) is 35.3 Å². The molecule has 1 aliphatic carbocycles. The van der Waals surface area contributed by atoms with E-state index in [-0.39, 0.29) is 5.56 Å². The second-order valence-corrected chi connectivity index (χ2v) is 4.96. The van der Waals surface area contributed by atoms with E-state index >= 15 is 0 Å². The zero-order chi connectivity index (χ0) is 12.5. The number of rotatable bonds is 2. The molecule has 2 aromatic heterocycles. The van der Waals surface area contributed by atoms with Crippen molar-refractivity contribution >= 4 is 11.6 Å². The van der Waals surface area contributed by atoms with Crippen LogP contribution in [0.2, 0.25) is 5.15 Å². The van der Waals surface area contributed by atoms with Crippen LogP contribution in [0.3, 0.4) is 0 Å². The number of fused-ring (bicyclic) bond motifs is 1. The van der Waals surface area contributed by atoms with E-state index in [1.807, 2.05) is 22.8 Å². The third-order valence-corrected chi connectivity index (χ3v) is 3.59. The first kappa shape index (κ1) is 11.5. The number of halogens is 1. The van der Waals surface area contributed by atoms with Gasteiger partial charge < -0.3 is 4.57 Å². The van der Waals surface area contributed by atoms with Gasteiger partial charge >= 0.3 is 0 Å². The molecule has 0 aliphatic heterocycles. The summed E-state index contributed by atoms with van der Waals surface area (Å²) in [6.07, 6.45) is 4.87. The van der Waals surface area contributed by atoms with Gasteiger partial charge in [0.15, 0.2) is 0 Å². The normalized spacial score (nSPS) is 13.6. The largest absolute Gasteiger partial charge is 0.308 e. The first-order valence-corrected chi connectivity index (χ1v) is 6.44. The molecule has 0 radical (unpaired) electrons. The Balaban J connectivity index is 2.03. The molecule has 0 aromatic carbocycles. The average Bonchev–Trinajstić information content (AvgIpc) is 2.81. The van der Waals surface area contributed by atoms with Gasteiger partial charge in [-0.2, -0.15) is 0 Å². The lowest BCUT2D eigenvalue weighted by atomic mass is 10.2. The minimum absolute atomic E-state index is 0.0589. The molecule has 0 bridgehead atoms. The third kappa shape index (κ3) is 2.06. The first-order valence-electron chi connectivity index (χ1n) is 6.06. The summed E-state index contributed by atoms with van der Waals surface area (Å²) < 4.78 is 1.86. The number of hydrogen-bond donors (Lipinski definition) is 0. The van der Waals surface area contributed by atoms with Gasteiger partial charge in [0.25, 0.3) is 5.56 Å². The zero-order valence-corrected chi connectivity index (χ0v) is 10.7. The number of hydrogen-bond acceptors (Lipinski definition) is 2. The summed E-state index contributed by atoms with van der Waals surface area (Å²) in [6, 6.07) is 7.32. The fourth-order valence-corrected chi connectivity index (χ4v) is 2.73. The van der Waals surface area contributed by atoms with E-state index in [2.05, 4.69) is 4.98 Å². The zero-order valence-electron chi connectivity index (χ0n) is 9.90. The van der Waals surface area contributed by atoms with Gasteiger partial charge in [0.05, 0.1) is 6.54 Å². The highest BCUT2D eigenvalue weighted by atomic mass is 35.5. The Kier molecular flexibility index (Phi) is 2.92. The van der Waals surface area contributed by atoms with E-state index in [1.54, 1.807) is 12.3 Å². The van der Waals surface area contributed by atoms with E-state index in [9.17, 15) is 4.79 Å². The van der Waals surface area contributed by atoms with Crippen LogP contribution >= 0.6 is 11.6 Å². The molecule has 0 fully saturated rings. The van der Waals surface area contributed by atoms with Crippen LogP contribution in [-0.4, -0.2) is 9.55 Å². The Bertz CT molecular complexity index is 648. The second-order valence-electron chi connectivity index (χ2n) is 4.57. The fraction of sp³-hybridized carbons (Fsp3) is 0.286. The summed E-state index contributed by atoms with van der Waals surface area (Å²) in [5.74, 6) is 0. The lowest BCUT2D eigenvalue weighted by Crippen LogP contribution is -2.23. The summed E-state index contributed by atoms with van der Waals surface area (Å²) in [4.78, 5) is 15.9. The van der Waals surface area contributed by atoms with Gasteiger partial charge in [0, 0.05) is 18.0 Å². The molecule has 2 heterocycles. The Morgan fingerprint density at radius 3 is 3.00 bits per heavy atom. The maximum atomic E-state index is 12.0. The molecule has 92 valence electrons. The minimum Gasteiger partial charge on any atom is -0.308 e. The second kappa shape index (κ2) is 4.58. The fourth-order valence-electron chi connectivity index (χ4n) is 2.53. The Morgan fingerprint density at radius 1 is 1.28 bits per heavy atom. The highest BCUT2D eigenvalue weighted by Gasteiger charge is 2.15. The van der Waals surface area contributed by atoms with Crippen molar-refractivity contribution in [2.24, 2.45) is 0 Å². The number of aromatic nitrogens is 2. The number of nitrogens with zero attached hydrogens (tertiary/aromatic N) is 2.